The van der Waals surface area contributed by atoms with Crippen LogP contribution in [0.1, 0.15) is 37.4 Å². The summed E-state index contributed by atoms with van der Waals surface area (Å²) in [6.45, 7) is 0. The summed E-state index contributed by atoms with van der Waals surface area (Å²) in [5.74, 6) is 0.623. The van der Waals surface area contributed by atoms with Gasteiger partial charge in [0, 0.05) is 0 Å². The smallest absolute Gasteiger partial charge is 0.105 e. The maximum atomic E-state index is 9.91. The molecule has 0 aromatic heterocycles. The van der Waals surface area contributed by atoms with Gasteiger partial charge in [-0.15, -0.1) is 0 Å². The van der Waals surface area contributed by atoms with E-state index in [4.69, 9.17) is 0 Å². The molecule has 1 aromatic carbocycles. The van der Waals surface area contributed by atoms with Crippen molar-refractivity contribution in [2.75, 3.05) is 0 Å². The monoisotopic (exact) mass is 206 g/mol. The first-order valence-electron chi connectivity index (χ1n) is 5.68. The highest BCUT2D eigenvalue weighted by atomic mass is 16.3. The molecule has 2 rings (SSSR count). The normalized spacial score (nSPS) is 20.7. The van der Waals surface area contributed by atoms with Crippen molar-refractivity contribution in [1.29, 1.82) is 0 Å². The average Bonchev–Trinajstić information content (AvgIpc) is 2.23. The van der Waals surface area contributed by atoms with Crippen molar-refractivity contribution >= 4 is 0 Å². The van der Waals surface area contributed by atoms with Gasteiger partial charge < -0.3 is 10.2 Å². The van der Waals surface area contributed by atoms with Crippen LogP contribution in [0.25, 0.3) is 0 Å². The number of hydrogen-bond acceptors (Lipinski definition) is 2. The molecule has 1 aliphatic carbocycles. The van der Waals surface area contributed by atoms with E-state index in [1.165, 1.54) is 19.3 Å². The number of aliphatic hydroxyl groups is 2. The Morgan fingerprint density at radius 1 is 1.13 bits per heavy atom. The predicted molar refractivity (Wildman–Crippen MR) is 59.4 cm³/mol. The lowest BCUT2D eigenvalue weighted by atomic mass is 9.80. The van der Waals surface area contributed by atoms with Gasteiger partial charge >= 0.3 is 0 Å². The second-order valence-corrected chi connectivity index (χ2v) is 4.46. The zero-order valence-corrected chi connectivity index (χ0v) is 8.84. The third-order valence-corrected chi connectivity index (χ3v) is 3.31. The third kappa shape index (κ3) is 2.58. The summed E-state index contributed by atoms with van der Waals surface area (Å²) >= 11 is 0. The van der Waals surface area contributed by atoms with Crippen LogP contribution < -0.4 is 0 Å². The second-order valence-electron chi connectivity index (χ2n) is 4.46. The largest absolute Gasteiger partial charge is 0.390 e. The van der Waals surface area contributed by atoms with E-state index in [0.29, 0.717) is 5.92 Å². The van der Waals surface area contributed by atoms with Gasteiger partial charge in [-0.05, 0) is 17.9 Å². The lowest BCUT2D eigenvalue weighted by Gasteiger charge is -2.29. The quantitative estimate of drug-likeness (QED) is 0.793. The SMILES string of the molecule is OC(CC1CCC1)C(O)c1ccccc1. The Kier molecular flexibility index (Phi) is 3.39. The number of rotatable bonds is 4. The van der Waals surface area contributed by atoms with Gasteiger partial charge in [0.25, 0.3) is 0 Å². The zero-order chi connectivity index (χ0) is 10.7. The zero-order valence-electron chi connectivity index (χ0n) is 8.84. The molecule has 2 atom stereocenters. The number of benzene rings is 1. The summed E-state index contributed by atoms with van der Waals surface area (Å²) < 4.78 is 0. The van der Waals surface area contributed by atoms with Crippen LogP contribution in [0.15, 0.2) is 30.3 Å². The van der Waals surface area contributed by atoms with Gasteiger partial charge in [-0.2, -0.15) is 0 Å². The highest BCUT2D eigenvalue weighted by Crippen LogP contribution is 2.33. The highest BCUT2D eigenvalue weighted by Gasteiger charge is 2.25. The molecular weight excluding hydrogens is 188 g/mol. The Labute approximate surface area is 90.6 Å². The van der Waals surface area contributed by atoms with Gasteiger partial charge in [0.05, 0.1) is 6.10 Å². The van der Waals surface area contributed by atoms with Crippen LogP contribution in [0.2, 0.25) is 0 Å². The lowest BCUT2D eigenvalue weighted by Crippen LogP contribution is -2.24. The summed E-state index contributed by atoms with van der Waals surface area (Å²) in [6.07, 6.45) is 3.08. The molecule has 0 aliphatic heterocycles. The van der Waals surface area contributed by atoms with E-state index in [9.17, 15) is 10.2 Å². The summed E-state index contributed by atoms with van der Waals surface area (Å²) in [5, 5.41) is 19.8. The average molecular weight is 206 g/mol. The summed E-state index contributed by atoms with van der Waals surface area (Å²) in [4.78, 5) is 0. The fourth-order valence-corrected chi connectivity index (χ4v) is 2.07. The standard InChI is InChI=1S/C13H18O2/c14-12(9-10-5-4-6-10)13(15)11-7-2-1-3-8-11/h1-3,7-8,10,12-15H,4-6,9H2. The fourth-order valence-electron chi connectivity index (χ4n) is 2.07. The van der Waals surface area contributed by atoms with Crippen LogP contribution >= 0.6 is 0 Å². The van der Waals surface area contributed by atoms with Crippen molar-refractivity contribution in [2.45, 2.75) is 37.9 Å². The molecule has 82 valence electrons. The van der Waals surface area contributed by atoms with E-state index in [0.717, 1.165) is 12.0 Å². The predicted octanol–water partition coefficient (Wildman–Crippen LogP) is 2.27. The Bertz CT molecular complexity index is 293. The molecule has 0 amide bonds. The molecule has 2 heteroatoms. The van der Waals surface area contributed by atoms with E-state index >= 15 is 0 Å². The van der Waals surface area contributed by atoms with Crippen molar-refractivity contribution in [3.05, 3.63) is 35.9 Å². The fraction of sp³-hybridized carbons (Fsp3) is 0.538. The van der Waals surface area contributed by atoms with Gasteiger partial charge in [0.15, 0.2) is 0 Å². The maximum absolute atomic E-state index is 9.91. The summed E-state index contributed by atoms with van der Waals surface area (Å²) in [6, 6.07) is 9.39. The number of hydrogen-bond donors (Lipinski definition) is 2. The molecule has 0 radical (unpaired) electrons. The minimum Gasteiger partial charge on any atom is -0.390 e. The van der Waals surface area contributed by atoms with Gasteiger partial charge in [0.2, 0.25) is 0 Å². The van der Waals surface area contributed by atoms with Gasteiger partial charge in [-0.25, -0.2) is 0 Å². The Morgan fingerprint density at radius 2 is 1.80 bits per heavy atom. The lowest BCUT2D eigenvalue weighted by molar-refractivity contribution is -0.00396. The second kappa shape index (κ2) is 4.77. The van der Waals surface area contributed by atoms with Crippen LogP contribution in [0.4, 0.5) is 0 Å². The topological polar surface area (TPSA) is 40.5 Å². The molecule has 2 N–H and O–H groups in total. The Balaban J connectivity index is 1.91. The van der Waals surface area contributed by atoms with Crippen LogP contribution in [-0.2, 0) is 0 Å². The van der Waals surface area contributed by atoms with Crippen molar-refractivity contribution in [3.8, 4) is 0 Å². The molecule has 15 heavy (non-hydrogen) atoms. The van der Waals surface area contributed by atoms with Crippen molar-refractivity contribution in [3.63, 3.8) is 0 Å². The van der Waals surface area contributed by atoms with E-state index in [-0.39, 0.29) is 0 Å². The Hall–Kier alpha value is -0.860. The molecule has 2 unspecified atom stereocenters. The van der Waals surface area contributed by atoms with E-state index < -0.39 is 12.2 Å². The molecule has 1 aromatic rings. The van der Waals surface area contributed by atoms with Crippen LogP contribution in [0.3, 0.4) is 0 Å². The van der Waals surface area contributed by atoms with Crippen molar-refractivity contribution in [1.82, 2.24) is 0 Å². The van der Waals surface area contributed by atoms with E-state index in [1.54, 1.807) is 0 Å². The first-order chi connectivity index (χ1) is 7.27. The summed E-state index contributed by atoms with van der Waals surface area (Å²) in [5.41, 5.74) is 0.810. The molecule has 0 heterocycles. The van der Waals surface area contributed by atoms with E-state index in [1.807, 2.05) is 30.3 Å². The van der Waals surface area contributed by atoms with Gasteiger partial charge in [-0.1, -0.05) is 49.6 Å². The Morgan fingerprint density at radius 3 is 2.33 bits per heavy atom. The van der Waals surface area contributed by atoms with Crippen LogP contribution in [0, 0.1) is 5.92 Å². The number of aliphatic hydroxyl groups excluding tert-OH is 2. The van der Waals surface area contributed by atoms with Crippen LogP contribution in [0.5, 0.6) is 0 Å². The van der Waals surface area contributed by atoms with Crippen molar-refractivity contribution in [2.24, 2.45) is 5.92 Å². The first kappa shape index (κ1) is 10.7. The highest BCUT2D eigenvalue weighted by molar-refractivity contribution is 5.18. The first-order valence-corrected chi connectivity index (χ1v) is 5.68. The molecule has 0 saturated heterocycles. The molecule has 1 saturated carbocycles. The maximum Gasteiger partial charge on any atom is 0.105 e. The third-order valence-electron chi connectivity index (χ3n) is 3.31. The summed E-state index contributed by atoms with van der Waals surface area (Å²) in [7, 11) is 0. The van der Waals surface area contributed by atoms with E-state index in [2.05, 4.69) is 0 Å². The molecule has 0 bridgehead atoms. The molecule has 1 aliphatic rings. The molecule has 1 fully saturated rings. The minimum absolute atomic E-state index is 0.613. The van der Waals surface area contributed by atoms with Gasteiger partial charge in [0.1, 0.15) is 6.10 Å². The molecule has 2 nitrogen and oxygen atoms in total. The van der Waals surface area contributed by atoms with Crippen molar-refractivity contribution < 1.29 is 10.2 Å². The molecular formula is C13H18O2. The van der Waals surface area contributed by atoms with Gasteiger partial charge in [-0.3, -0.25) is 0 Å². The van der Waals surface area contributed by atoms with Crippen LogP contribution in [-0.4, -0.2) is 16.3 Å². The molecule has 0 spiro atoms. The minimum atomic E-state index is -0.730.